The van der Waals surface area contributed by atoms with Gasteiger partial charge in [-0.05, 0) is 55.1 Å². The van der Waals surface area contributed by atoms with Crippen LogP contribution in [0.25, 0.3) is 11.1 Å². The van der Waals surface area contributed by atoms with Crippen molar-refractivity contribution in [2.75, 3.05) is 19.6 Å². The summed E-state index contributed by atoms with van der Waals surface area (Å²) in [5, 5.41) is 0.183. The number of aromatic amines is 1. The van der Waals surface area contributed by atoms with E-state index in [1.54, 1.807) is 24.3 Å². The lowest BCUT2D eigenvalue weighted by Gasteiger charge is -2.21. The van der Waals surface area contributed by atoms with Crippen LogP contribution >= 0.6 is 36.4 Å². The molecule has 6 nitrogen and oxygen atoms in total. The van der Waals surface area contributed by atoms with Gasteiger partial charge in [0.15, 0.2) is 0 Å². The first-order valence-electron chi connectivity index (χ1n) is 11.0. The number of likely N-dealkylation sites (tertiary alicyclic amines) is 1. The smallest absolute Gasteiger partial charge is 0.302 e. The molecule has 5 rings (SSSR count). The monoisotopic (exact) mass is 562 g/mol. The van der Waals surface area contributed by atoms with Crippen molar-refractivity contribution in [1.29, 1.82) is 0 Å². The molecule has 1 aromatic carbocycles. The molecular formula is C24H24Cl3F3N4O2. The van der Waals surface area contributed by atoms with Gasteiger partial charge in [-0.2, -0.15) is 13.2 Å². The van der Waals surface area contributed by atoms with Gasteiger partial charge < -0.3 is 4.90 Å². The van der Waals surface area contributed by atoms with Gasteiger partial charge in [-0.15, -0.1) is 24.8 Å². The number of aryl methyl sites for hydroxylation is 1. The Morgan fingerprint density at radius 3 is 2.47 bits per heavy atom. The fourth-order valence-electron chi connectivity index (χ4n) is 5.11. The number of piperidine rings is 1. The Bertz CT molecular complexity index is 1340. The molecule has 0 radical (unpaired) electrons. The zero-order valence-electron chi connectivity index (χ0n) is 18.9. The zero-order chi connectivity index (χ0) is 24.1. The first-order chi connectivity index (χ1) is 16.2. The number of hydrogen-bond donors (Lipinski definition) is 1. The predicted octanol–water partition coefficient (Wildman–Crippen LogP) is 4.78. The Labute approximate surface area is 222 Å². The van der Waals surface area contributed by atoms with Crippen LogP contribution in [0.5, 0.6) is 0 Å². The van der Waals surface area contributed by atoms with Gasteiger partial charge in [0.2, 0.25) is 0 Å². The Hall–Kier alpha value is -2.33. The van der Waals surface area contributed by atoms with Crippen LogP contribution < -0.4 is 11.2 Å². The summed E-state index contributed by atoms with van der Waals surface area (Å²) in [5.74, 6) is 0.444. The molecule has 2 aromatic heterocycles. The summed E-state index contributed by atoms with van der Waals surface area (Å²) in [6.45, 7) is 2.83. The molecule has 2 fully saturated rings. The molecule has 1 saturated heterocycles. The molecule has 1 saturated carbocycles. The molecule has 1 aliphatic heterocycles. The van der Waals surface area contributed by atoms with E-state index < -0.39 is 23.0 Å². The lowest BCUT2D eigenvalue weighted by Crippen LogP contribution is -2.32. The Kier molecular flexibility index (Phi) is 8.30. The topological polar surface area (TPSA) is 71.0 Å². The third-order valence-electron chi connectivity index (χ3n) is 6.94. The van der Waals surface area contributed by atoms with Gasteiger partial charge in [0.05, 0.1) is 11.1 Å². The molecule has 12 heteroatoms. The van der Waals surface area contributed by atoms with Crippen LogP contribution in [0.2, 0.25) is 5.15 Å². The van der Waals surface area contributed by atoms with Gasteiger partial charge in [0.1, 0.15) is 5.15 Å². The average Bonchev–Trinajstić information content (AvgIpc) is 3.37. The molecule has 3 heterocycles. The highest BCUT2D eigenvalue weighted by atomic mass is 35.5. The molecule has 3 aromatic rings. The Morgan fingerprint density at radius 2 is 1.81 bits per heavy atom. The predicted molar refractivity (Wildman–Crippen MR) is 136 cm³/mol. The third kappa shape index (κ3) is 5.34. The van der Waals surface area contributed by atoms with Crippen molar-refractivity contribution in [2.45, 2.75) is 31.0 Å². The van der Waals surface area contributed by atoms with Crippen molar-refractivity contribution >= 4 is 36.4 Å². The normalized spacial score (nSPS) is 20.8. The van der Waals surface area contributed by atoms with E-state index in [1.807, 2.05) is 0 Å². The number of fused-ring (bicyclic) bond motifs is 1. The van der Waals surface area contributed by atoms with Gasteiger partial charge in [-0.1, -0.05) is 23.7 Å². The van der Waals surface area contributed by atoms with E-state index in [9.17, 15) is 22.8 Å². The van der Waals surface area contributed by atoms with E-state index in [1.165, 1.54) is 17.0 Å². The first kappa shape index (κ1) is 28.2. The number of alkyl halides is 3. The minimum atomic E-state index is -4.33. The van der Waals surface area contributed by atoms with E-state index in [0.717, 1.165) is 43.8 Å². The summed E-state index contributed by atoms with van der Waals surface area (Å²) >= 11 is 6.11. The molecule has 1 N–H and O–H groups in total. The third-order valence-corrected chi connectivity index (χ3v) is 7.24. The molecule has 0 unspecified atom stereocenters. The van der Waals surface area contributed by atoms with E-state index in [0.29, 0.717) is 24.4 Å². The highest BCUT2D eigenvalue weighted by Gasteiger charge is 2.60. The highest BCUT2D eigenvalue weighted by Crippen LogP contribution is 2.59. The number of rotatable bonds is 6. The maximum atomic E-state index is 12.9. The minimum absolute atomic E-state index is 0. The number of benzene rings is 1. The first-order valence-corrected chi connectivity index (χ1v) is 11.4. The maximum Gasteiger partial charge on any atom is 0.416 e. The van der Waals surface area contributed by atoms with E-state index in [4.69, 9.17) is 11.6 Å². The summed E-state index contributed by atoms with van der Waals surface area (Å²) < 4.78 is 40.1. The van der Waals surface area contributed by atoms with Crippen LogP contribution in [-0.4, -0.2) is 39.1 Å². The molecule has 0 spiro atoms. The summed E-state index contributed by atoms with van der Waals surface area (Å²) in [7, 11) is 0. The standard InChI is InChI=1S/C24H22ClF3N4O2.2ClH/c25-20-18(3-1-8-29-20)19-13-32(22(34)30-21(19)33)10-2-9-31-12-17-11-23(17,14-31)15-4-6-16(7-5-15)24(26,27)28;;/h1,3-8,13,17H,2,9-12,14H2,(H,30,33,34);2*1H/t17-,23+;;/m0../s1. The quantitative estimate of drug-likeness (QED) is 0.439. The minimum Gasteiger partial charge on any atom is -0.302 e. The van der Waals surface area contributed by atoms with Crippen molar-refractivity contribution in [3.05, 3.63) is 85.9 Å². The van der Waals surface area contributed by atoms with Crippen molar-refractivity contribution in [3.8, 4) is 11.1 Å². The molecule has 1 aliphatic carbocycles. The molecule has 2 atom stereocenters. The van der Waals surface area contributed by atoms with Crippen LogP contribution in [0.15, 0.2) is 58.4 Å². The number of aromatic nitrogens is 3. The fourth-order valence-corrected chi connectivity index (χ4v) is 5.34. The largest absolute Gasteiger partial charge is 0.416 e. The highest BCUT2D eigenvalue weighted by molar-refractivity contribution is 6.32. The Morgan fingerprint density at radius 1 is 1.08 bits per heavy atom. The van der Waals surface area contributed by atoms with Crippen molar-refractivity contribution in [1.82, 2.24) is 19.4 Å². The second-order valence-corrected chi connectivity index (χ2v) is 9.42. The summed E-state index contributed by atoms with van der Waals surface area (Å²) in [4.78, 5) is 33.2. The van der Waals surface area contributed by atoms with E-state index >= 15 is 0 Å². The summed E-state index contributed by atoms with van der Waals surface area (Å²) in [5.41, 5.74) is -0.00332. The van der Waals surface area contributed by atoms with E-state index in [-0.39, 0.29) is 40.9 Å². The van der Waals surface area contributed by atoms with Crippen LogP contribution in [-0.2, 0) is 18.1 Å². The van der Waals surface area contributed by atoms with Crippen LogP contribution in [0.1, 0.15) is 24.0 Å². The number of pyridine rings is 1. The second-order valence-electron chi connectivity index (χ2n) is 9.06. The van der Waals surface area contributed by atoms with Gasteiger partial charge >= 0.3 is 11.9 Å². The van der Waals surface area contributed by atoms with Crippen LogP contribution in [0, 0.1) is 5.92 Å². The molecular weight excluding hydrogens is 540 g/mol. The van der Waals surface area contributed by atoms with Crippen LogP contribution in [0.4, 0.5) is 13.2 Å². The number of nitrogens with one attached hydrogen (secondary N) is 1. The summed E-state index contributed by atoms with van der Waals surface area (Å²) in [6, 6.07) is 8.88. The molecule has 0 amide bonds. The number of H-pyrrole nitrogens is 1. The number of halogens is 6. The van der Waals surface area contributed by atoms with Gasteiger partial charge in [0.25, 0.3) is 5.56 Å². The lowest BCUT2D eigenvalue weighted by atomic mass is 9.94. The maximum absolute atomic E-state index is 12.9. The van der Waals surface area contributed by atoms with Gasteiger partial charge in [-0.3, -0.25) is 14.3 Å². The molecule has 36 heavy (non-hydrogen) atoms. The second kappa shape index (κ2) is 10.6. The lowest BCUT2D eigenvalue weighted by molar-refractivity contribution is -0.137. The number of nitrogens with zero attached hydrogens (tertiary/aromatic N) is 3. The Balaban J connectivity index is 0.00000180. The molecule has 194 valence electrons. The average molecular weight is 564 g/mol. The molecule has 0 bridgehead atoms. The van der Waals surface area contributed by atoms with Gasteiger partial charge in [0, 0.05) is 43.0 Å². The molecule has 2 aliphatic rings. The van der Waals surface area contributed by atoms with E-state index in [2.05, 4.69) is 14.9 Å². The van der Waals surface area contributed by atoms with Gasteiger partial charge in [-0.25, -0.2) is 9.78 Å². The van der Waals surface area contributed by atoms with Crippen molar-refractivity contribution in [3.63, 3.8) is 0 Å². The number of hydrogen-bond acceptors (Lipinski definition) is 4. The fraction of sp³-hybridized carbons (Fsp3) is 0.375. The van der Waals surface area contributed by atoms with Crippen molar-refractivity contribution < 1.29 is 13.2 Å². The zero-order valence-corrected chi connectivity index (χ0v) is 21.3. The SMILES string of the molecule is Cl.Cl.O=c1[nH]c(=O)n(CCCN2C[C@@H]3C[C@]3(c3ccc(C(F)(F)F)cc3)C2)cc1-c1cccnc1Cl. The summed E-state index contributed by atoms with van der Waals surface area (Å²) in [6.07, 6.45) is 0.373. The van der Waals surface area contributed by atoms with Crippen molar-refractivity contribution in [2.24, 2.45) is 5.92 Å². The van der Waals surface area contributed by atoms with Crippen LogP contribution in [0.3, 0.4) is 0 Å².